The molecule has 102 valence electrons. The van der Waals surface area contributed by atoms with Crippen molar-refractivity contribution in [1.82, 2.24) is 5.32 Å². The van der Waals surface area contributed by atoms with E-state index in [9.17, 15) is 4.79 Å². The molecule has 4 heteroatoms. The van der Waals surface area contributed by atoms with Crippen molar-refractivity contribution in [3.63, 3.8) is 0 Å². The van der Waals surface area contributed by atoms with Crippen LogP contribution in [0.15, 0.2) is 36.5 Å². The van der Waals surface area contributed by atoms with Crippen molar-refractivity contribution in [3.8, 4) is 0 Å². The highest BCUT2D eigenvalue weighted by molar-refractivity contribution is 5.90. The molecule has 19 heavy (non-hydrogen) atoms. The van der Waals surface area contributed by atoms with Crippen molar-refractivity contribution in [2.45, 2.75) is 26.2 Å². The van der Waals surface area contributed by atoms with Gasteiger partial charge in [0.05, 0.1) is 0 Å². The summed E-state index contributed by atoms with van der Waals surface area (Å²) in [5.41, 5.74) is 2.65. The van der Waals surface area contributed by atoms with Crippen LogP contribution in [0.5, 0.6) is 0 Å². The number of amides is 2. The molecule has 0 atom stereocenters. The van der Waals surface area contributed by atoms with Gasteiger partial charge in [0.25, 0.3) is 0 Å². The highest BCUT2D eigenvalue weighted by Gasteiger charge is 2.10. The molecule has 0 spiro atoms. The van der Waals surface area contributed by atoms with Gasteiger partial charge in [-0.15, -0.1) is 0 Å². The Labute approximate surface area is 114 Å². The minimum Gasteiger partial charge on any atom is -0.372 e. The Morgan fingerprint density at radius 2 is 1.79 bits per heavy atom. The lowest BCUT2D eigenvalue weighted by Gasteiger charge is -2.28. The summed E-state index contributed by atoms with van der Waals surface area (Å²) < 4.78 is 0. The van der Waals surface area contributed by atoms with Crippen LogP contribution in [0.2, 0.25) is 0 Å². The van der Waals surface area contributed by atoms with Gasteiger partial charge in [0.15, 0.2) is 0 Å². The van der Waals surface area contributed by atoms with Gasteiger partial charge in [-0.2, -0.15) is 0 Å². The van der Waals surface area contributed by atoms with Crippen molar-refractivity contribution in [1.29, 1.82) is 0 Å². The molecular formula is C15H21N3O. The number of urea groups is 1. The molecule has 1 aromatic carbocycles. The Kier molecular flexibility index (Phi) is 4.44. The lowest BCUT2D eigenvalue weighted by Crippen LogP contribution is -2.29. The quantitative estimate of drug-likeness (QED) is 0.874. The number of rotatable bonds is 3. The van der Waals surface area contributed by atoms with E-state index >= 15 is 0 Å². The van der Waals surface area contributed by atoms with E-state index < -0.39 is 0 Å². The molecule has 2 amide bonds. The average Bonchev–Trinajstić information content (AvgIpc) is 2.39. The van der Waals surface area contributed by atoms with Gasteiger partial charge in [-0.25, -0.2) is 4.79 Å². The molecule has 0 radical (unpaired) electrons. The minimum absolute atomic E-state index is 0.252. The van der Waals surface area contributed by atoms with Crippen LogP contribution in [0.3, 0.4) is 0 Å². The number of piperidine rings is 1. The Hall–Kier alpha value is -1.97. The smallest absolute Gasteiger partial charge is 0.323 e. The average molecular weight is 259 g/mol. The number of nitrogens with one attached hydrogen (secondary N) is 2. The lowest BCUT2D eigenvalue weighted by molar-refractivity contribution is 0.254. The van der Waals surface area contributed by atoms with Gasteiger partial charge in [-0.3, -0.25) is 0 Å². The van der Waals surface area contributed by atoms with Crippen LogP contribution >= 0.6 is 0 Å². The highest BCUT2D eigenvalue weighted by Crippen LogP contribution is 2.21. The number of hydrogen-bond acceptors (Lipinski definition) is 2. The number of carbonyl (C=O) groups excluding carboxylic acids is 1. The van der Waals surface area contributed by atoms with Crippen LogP contribution < -0.4 is 15.5 Å². The Bertz CT molecular complexity index is 447. The third kappa shape index (κ3) is 4.02. The molecule has 1 aliphatic rings. The Balaban J connectivity index is 1.94. The molecule has 1 saturated heterocycles. The van der Waals surface area contributed by atoms with Gasteiger partial charge in [-0.05, 0) is 50.5 Å². The van der Waals surface area contributed by atoms with Gasteiger partial charge in [-0.1, -0.05) is 6.58 Å². The van der Waals surface area contributed by atoms with Crippen LogP contribution in [0.4, 0.5) is 16.2 Å². The third-order valence-corrected chi connectivity index (χ3v) is 3.17. The Morgan fingerprint density at radius 3 is 2.37 bits per heavy atom. The van der Waals surface area contributed by atoms with E-state index in [1.54, 1.807) is 6.92 Å². The largest absolute Gasteiger partial charge is 0.372 e. The molecule has 1 aromatic rings. The highest BCUT2D eigenvalue weighted by atomic mass is 16.2. The minimum atomic E-state index is -0.252. The number of nitrogens with zero attached hydrogens (tertiary/aromatic N) is 1. The maximum absolute atomic E-state index is 11.5. The number of allylic oxidation sites excluding steroid dienone is 1. The van der Waals surface area contributed by atoms with Crippen LogP contribution in [0, 0.1) is 0 Å². The number of carbonyl (C=O) groups is 1. The summed E-state index contributed by atoms with van der Waals surface area (Å²) >= 11 is 0. The summed E-state index contributed by atoms with van der Waals surface area (Å²) in [5, 5.41) is 5.39. The number of anilines is 2. The molecule has 0 bridgehead atoms. The first kappa shape index (κ1) is 13.5. The van der Waals surface area contributed by atoms with E-state index in [2.05, 4.69) is 34.2 Å². The zero-order valence-corrected chi connectivity index (χ0v) is 11.4. The third-order valence-electron chi connectivity index (χ3n) is 3.17. The first-order valence-corrected chi connectivity index (χ1v) is 6.74. The fraction of sp³-hybridized carbons (Fsp3) is 0.400. The van der Waals surface area contributed by atoms with Gasteiger partial charge >= 0.3 is 6.03 Å². The zero-order valence-electron chi connectivity index (χ0n) is 11.4. The molecule has 1 fully saturated rings. The first-order valence-electron chi connectivity index (χ1n) is 6.74. The SMILES string of the molecule is C=C(C)NC(=O)Nc1ccc(N2CCCCC2)cc1. The van der Waals surface area contributed by atoms with Crippen LogP contribution in [0.1, 0.15) is 26.2 Å². The molecule has 1 heterocycles. The van der Waals surface area contributed by atoms with E-state index in [1.165, 1.54) is 24.9 Å². The van der Waals surface area contributed by atoms with E-state index in [1.807, 2.05) is 12.1 Å². The second-order valence-corrected chi connectivity index (χ2v) is 4.95. The van der Waals surface area contributed by atoms with E-state index in [0.29, 0.717) is 5.70 Å². The fourth-order valence-corrected chi connectivity index (χ4v) is 2.26. The van der Waals surface area contributed by atoms with E-state index in [0.717, 1.165) is 18.8 Å². The summed E-state index contributed by atoms with van der Waals surface area (Å²) in [4.78, 5) is 13.9. The second kappa shape index (κ2) is 6.27. The lowest BCUT2D eigenvalue weighted by atomic mass is 10.1. The van der Waals surface area contributed by atoms with Gasteiger partial charge in [0.2, 0.25) is 0 Å². The standard InChI is InChI=1S/C15H21N3O/c1-12(2)16-15(19)17-13-6-8-14(9-7-13)18-10-4-3-5-11-18/h6-9H,1,3-5,10-11H2,2H3,(H2,16,17,19). The van der Waals surface area contributed by atoms with Gasteiger partial charge in [0.1, 0.15) is 0 Å². The molecule has 1 aliphatic heterocycles. The molecule has 0 unspecified atom stereocenters. The van der Waals surface area contributed by atoms with Gasteiger partial charge in [0, 0.05) is 30.2 Å². The van der Waals surface area contributed by atoms with E-state index in [-0.39, 0.29) is 6.03 Å². The maximum atomic E-state index is 11.5. The molecule has 2 N–H and O–H groups in total. The van der Waals surface area contributed by atoms with Crippen LogP contribution in [-0.2, 0) is 0 Å². The normalized spacial score (nSPS) is 14.9. The topological polar surface area (TPSA) is 44.4 Å². The molecule has 0 saturated carbocycles. The fourth-order valence-electron chi connectivity index (χ4n) is 2.26. The summed E-state index contributed by atoms with van der Waals surface area (Å²) in [6, 6.07) is 7.73. The summed E-state index contributed by atoms with van der Waals surface area (Å²) in [6.45, 7) is 7.64. The maximum Gasteiger partial charge on any atom is 0.323 e. The molecule has 2 rings (SSSR count). The predicted molar refractivity (Wildman–Crippen MR) is 79.5 cm³/mol. The molecule has 0 aliphatic carbocycles. The Morgan fingerprint density at radius 1 is 1.16 bits per heavy atom. The predicted octanol–water partition coefficient (Wildman–Crippen LogP) is 3.33. The van der Waals surface area contributed by atoms with Crippen molar-refractivity contribution in [3.05, 3.63) is 36.5 Å². The van der Waals surface area contributed by atoms with Crippen LogP contribution in [0.25, 0.3) is 0 Å². The second-order valence-electron chi connectivity index (χ2n) is 4.95. The van der Waals surface area contributed by atoms with E-state index in [4.69, 9.17) is 0 Å². The summed E-state index contributed by atoms with van der Waals surface area (Å²) in [7, 11) is 0. The zero-order chi connectivity index (χ0) is 13.7. The summed E-state index contributed by atoms with van der Waals surface area (Å²) in [5.74, 6) is 0. The first-order chi connectivity index (χ1) is 9.15. The van der Waals surface area contributed by atoms with Crippen molar-refractivity contribution in [2.75, 3.05) is 23.3 Å². The molecule has 4 nitrogen and oxygen atoms in total. The van der Waals surface area contributed by atoms with Crippen molar-refractivity contribution >= 4 is 17.4 Å². The van der Waals surface area contributed by atoms with Crippen molar-refractivity contribution in [2.24, 2.45) is 0 Å². The molecule has 0 aromatic heterocycles. The summed E-state index contributed by atoms with van der Waals surface area (Å²) in [6.07, 6.45) is 3.86. The van der Waals surface area contributed by atoms with Crippen molar-refractivity contribution < 1.29 is 4.79 Å². The molecular weight excluding hydrogens is 238 g/mol. The number of hydrogen-bond donors (Lipinski definition) is 2. The van der Waals surface area contributed by atoms with Crippen LogP contribution in [-0.4, -0.2) is 19.1 Å². The monoisotopic (exact) mass is 259 g/mol. The van der Waals surface area contributed by atoms with Gasteiger partial charge < -0.3 is 15.5 Å². The number of benzene rings is 1.